The van der Waals surface area contributed by atoms with Crippen LogP contribution in [0.3, 0.4) is 0 Å². The van der Waals surface area contributed by atoms with Gasteiger partial charge in [0.15, 0.2) is 0 Å². The van der Waals surface area contributed by atoms with Crippen molar-refractivity contribution in [2.75, 3.05) is 13.7 Å². The molecule has 1 fully saturated rings. The number of carbonyl (C=O) groups excluding carboxylic acids is 1. The summed E-state index contributed by atoms with van der Waals surface area (Å²) >= 11 is 0. The summed E-state index contributed by atoms with van der Waals surface area (Å²) in [5.74, 6) is -0.0967. The number of fused-ring (bicyclic) bond motifs is 3. The van der Waals surface area contributed by atoms with Gasteiger partial charge in [0.05, 0.1) is 37.0 Å². The summed E-state index contributed by atoms with van der Waals surface area (Å²) in [4.78, 5) is 12.5. The van der Waals surface area contributed by atoms with Crippen LogP contribution in [0, 0.1) is 0 Å². The monoisotopic (exact) mass is 479 g/mol. The Bertz CT molecular complexity index is 1110. The third-order valence-electron chi connectivity index (χ3n) is 6.87. The number of nitrogens with zero attached hydrogens (tertiary/aromatic N) is 1. The Morgan fingerprint density at radius 3 is 2.35 bits per heavy atom. The first-order valence-corrected chi connectivity index (χ1v) is 11.3. The van der Waals surface area contributed by atoms with Gasteiger partial charge in [-0.3, -0.25) is 0 Å². The number of methoxy groups -OCH3 is 1. The van der Waals surface area contributed by atoms with Gasteiger partial charge in [0.1, 0.15) is 11.4 Å². The van der Waals surface area contributed by atoms with Gasteiger partial charge in [-0.2, -0.15) is 13.2 Å². The molecule has 0 aliphatic carbocycles. The first-order chi connectivity index (χ1) is 15.8. The lowest BCUT2D eigenvalue weighted by molar-refractivity contribution is -0.127. The van der Waals surface area contributed by atoms with E-state index in [1.807, 2.05) is 33.8 Å². The van der Waals surface area contributed by atoms with Crippen LogP contribution < -0.4 is 10.2 Å². The lowest BCUT2D eigenvalue weighted by Crippen LogP contribution is -2.41. The molecule has 2 aliphatic heterocycles. The van der Waals surface area contributed by atoms with Crippen molar-refractivity contribution in [1.82, 2.24) is 4.57 Å². The summed E-state index contributed by atoms with van der Waals surface area (Å²) in [6.45, 7) is 9.85. The van der Waals surface area contributed by atoms with Crippen molar-refractivity contribution in [3.8, 4) is 17.0 Å². The number of carbonyl (C=O) groups is 1. The molecule has 0 saturated carbocycles. The summed E-state index contributed by atoms with van der Waals surface area (Å²) in [6.07, 6.45) is -5.07. The van der Waals surface area contributed by atoms with Crippen LogP contribution in [0.25, 0.3) is 11.3 Å². The normalized spacial score (nSPS) is 18.4. The Kier molecular flexibility index (Phi) is 6.05. The highest BCUT2D eigenvalue weighted by Gasteiger charge is 2.52. The van der Waals surface area contributed by atoms with Crippen molar-refractivity contribution in [2.45, 2.75) is 71.4 Å². The standard InChI is InChI=1S/C24H29BF3NO5/c1-7-32-21(30)18-10-15(13-24(26,27)28)20-16-12-17(25-33-22(2,3)23(4,5)34-25)19(31-6)11-14(16)8-9-29(18)20/h10-12H,7-9,13H2,1-6H3. The first-order valence-electron chi connectivity index (χ1n) is 11.3. The second-order valence-electron chi connectivity index (χ2n) is 9.66. The molecule has 0 N–H and O–H groups in total. The highest BCUT2D eigenvalue weighted by atomic mass is 19.4. The van der Waals surface area contributed by atoms with Crippen LogP contribution in [-0.2, 0) is 33.4 Å². The van der Waals surface area contributed by atoms with Crippen molar-refractivity contribution < 1.29 is 36.7 Å². The molecule has 3 heterocycles. The molecule has 4 rings (SSSR count). The number of hydrogen-bond donors (Lipinski definition) is 0. The number of aromatic nitrogens is 1. The molecule has 0 spiro atoms. The molecule has 0 radical (unpaired) electrons. The van der Waals surface area contributed by atoms with Crippen molar-refractivity contribution in [3.63, 3.8) is 0 Å². The van der Waals surface area contributed by atoms with Crippen LogP contribution >= 0.6 is 0 Å². The Labute approximate surface area is 197 Å². The minimum atomic E-state index is -4.44. The van der Waals surface area contributed by atoms with Crippen LogP contribution in [0.15, 0.2) is 18.2 Å². The van der Waals surface area contributed by atoms with Gasteiger partial charge in [-0.25, -0.2) is 4.79 Å². The molecule has 6 nitrogen and oxygen atoms in total. The predicted molar refractivity (Wildman–Crippen MR) is 122 cm³/mol. The number of hydrogen-bond acceptors (Lipinski definition) is 5. The van der Waals surface area contributed by atoms with Gasteiger partial charge in [-0.1, -0.05) is 0 Å². The van der Waals surface area contributed by atoms with E-state index in [1.165, 1.54) is 13.2 Å². The van der Waals surface area contributed by atoms with Crippen LogP contribution in [0.1, 0.15) is 56.2 Å². The van der Waals surface area contributed by atoms with Gasteiger partial charge >= 0.3 is 19.3 Å². The maximum absolute atomic E-state index is 13.5. The quantitative estimate of drug-likeness (QED) is 0.473. The number of ether oxygens (including phenoxy) is 2. The van der Waals surface area contributed by atoms with Crippen molar-refractivity contribution in [1.29, 1.82) is 0 Å². The largest absolute Gasteiger partial charge is 0.498 e. The highest BCUT2D eigenvalue weighted by molar-refractivity contribution is 6.63. The van der Waals surface area contributed by atoms with E-state index in [-0.39, 0.29) is 17.9 Å². The van der Waals surface area contributed by atoms with E-state index in [9.17, 15) is 18.0 Å². The highest BCUT2D eigenvalue weighted by Crippen LogP contribution is 2.41. The smallest absolute Gasteiger partial charge is 0.497 e. The summed E-state index contributed by atoms with van der Waals surface area (Å²) in [6, 6.07) is 4.90. The number of alkyl halides is 3. The van der Waals surface area contributed by atoms with E-state index in [0.717, 1.165) is 5.56 Å². The minimum absolute atomic E-state index is 0.0292. The molecule has 1 saturated heterocycles. The fourth-order valence-electron chi connectivity index (χ4n) is 4.51. The maximum Gasteiger partial charge on any atom is 0.498 e. The molecule has 184 valence electrons. The molecule has 0 amide bonds. The van der Waals surface area contributed by atoms with Crippen LogP contribution in [0.2, 0.25) is 0 Å². The zero-order valence-corrected chi connectivity index (χ0v) is 20.3. The zero-order valence-electron chi connectivity index (χ0n) is 20.3. The number of benzene rings is 1. The minimum Gasteiger partial charge on any atom is -0.497 e. The zero-order chi connectivity index (χ0) is 25.1. The van der Waals surface area contributed by atoms with Gasteiger partial charge in [0.25, 0.3) is 0 Å². The topological polar surface area (TPSA) is 58.9 Å². The predicted octanol–water partition coefficient (Wildman–Crippen LogP) is 4.30. The maximum atomic E-state index is 13.5. The number of esters is 1. The second kappa shape index (κ2) is 8.34. The Balaban J connectivity index is 1.88. The molecule has 0 bridgehead atoms. The molecule has 2 aromatic rings. The summed E-state index contributed by atoms with van der Waals surface area (Å²) in [5, 5.41) is 0. The molecule has 1 aromatic carbocycles. The average molecular weight is 479 g/mol. The first kappa shape index (κ1) is 24.7. The molecule has 10 heteroatoms. The van der Waals surface area contributed by atoms with Crippen LogP contribution in [0.4, 0.5) is 13.2 Å². The Morgan fingerprint density at radius 2 is 1.79 bits per heavy atom. The van der Waals surface area contributed by atoms with Gasteiger partial charge in [0, 0.05) is 17.6 Å². The summed E-state index contributed by atoms with van der Waals surface area (Å²) in [5.41, 5.74) is 1.34. The van der Waals surface area contributed by atoms with E-state index < -0.39 is 36.9 Å². The van der Waals surface area contributed by atoms with Crippen LogP contribution in [-0.4, -0.2) is 48.7 Å². The molecule has 0 unspecified atom stereocenters. The van der Waals surface area contributed by atoms with Crippen molar-refractivity contribution in [3.05, 3.63) is 35.0 Å². The third-order valence-corrected chi connectivity index (χ3v) is 6.87. The van der Waals surface area contributed by atoms with Gasteiger partial charge < -0.3 is 23.3 Å². The molecule has 1 aromatic heterocycles. The van der Waals surface area contributed by atoms with Crippen LogP contribution in [0.5, 0.6) is 5.75 Å². The number of rotatable bonds is 5. The third kappa shape index (κ3) is 4.22. The van der Waals surface area contributed by atoms with E-state index in [2.05, 4.69) is 0 Å². The van der Waals surface area contributed by atoms with E-state index in [4.69, 9.17) is 18.8 Å². The molecule has 0 atom stereocenters. The average Bonchev–Trinajstić information content (AvgIpc) is 3.19. The van der Waals surface area contributed by atoms with Crippen molar-refractivity contribution >= 4 is 18.6 Å². The van der Waals surface area contributed by atoms with Crippen molar-refractivity contribution in [2.24, 2.45) is 0 Å². The van der Waals surface area contributed by atoms with E-state index in [1.54, 1.807) is 17.6 Å². The summed E-state index contributed by atoms with van der Waals surface area (Å²) < 4.78 is 65.2. The number of aryl methyl sites for hydroxylation is 1. The van der Waals surface area contributed by atoms with Gasteiger partial charge in [-0.05, 0) is 70.4 Å². The second-order valence-corrected chi connectivity index (χ2v) is 9.66. The molecular formula is C24H29BF3NO5. The molecule has 2 aliphatic rings. The fourth-order valence-corrected chi connectivity index (χ4v) is 4.51. The lowest BCUT2D eigenvalue weighted by atomic mass is 9.75. The van der Waals surface area contributed by atoms with Gasteiger partial charge in [-0.15, -0.1) is 0 Å². The number of halogens is 3. The van der Waals surface area contributed by atoms with E-state index in [0.29, 0.717) is 35.4 Å². The summed E-state index contributed by atoms with van der Waals surface area (Å²) in [7, 11) is 0.779. The lowest BCUT2D eigenvalue weighted by Gasteiger charge is -2.32. The van der Waals surface area contributed by atoms with E-state index >= 15 is 0 Å². The molecular weight excluding hydrogens is 450 g/mol. The van der Waals surface area contributed by atoms with Gasteiger partial charge in [0.2, 0.25) is 0 Å². The fraction of sp³-hybridized carbons (Fsp3) is 0.542. The molecule has 34 heavy (non-hydrogen) atoms. The Morgan fingerprint density at radius 1 is 1.15 bits per heavy atom. The SMILES string of the molecule is CCOC(=O)c1cc(CC(F)(F)F)c2n1CCc1cc(OC)c(B3OC(C)(C)C(C)(C)O3)cc1-2. The Hall–Kier alpha value is -2.46.